The maximum absolute atomic E-state index is 11.9. The van der Waals surface area contributed by atoms with Crippen LogP contribution < -0.4 is 10.6 Å². The van der Waals surface area contributed by atoms with Gasteiger partial charge in [0.15, 0.2) is 0 Å². The van der Waals surface area contributed by atoms with Crippen LogP contribution in [0.15, 0.2) is 23.1 Å². The van der Waals surface area contributed by atoms with Gasteiger partial charge in [0.2, 0.25) is 0 Å². The minimum absolute atomic E-state index is 0.0573. The predicted octanol–water partition coefficient (Wildman–Crippen LogP) is 0.729. The van der Waals surface area contributed by atoms with Gasteiger partial charge in [0, 0.05) is 19.7 Å². The number of nitrogens with one attached hydrogen (secondary N) is 1. The zero-order valence-electron chi connectivity index (χ0n) is 9.27. The van der Waals surface area contributed by atoms with Crippen LogP contribution in [0.2, 0.25) is 5.02 Å². The van der Waals surface area contributed by atoms with Crippen LogP contribution in [0, 0.1) is 0 Å². The van der Waals surface area contributed by atoms with E-state index in [-0.39, 0.29) is 14.9 Å². The summed E-state index contributed by atoms with van der Waals surface area (Å²) in [7, 11) is -0.601. The Bertz CT molecular complexity index is 543. The standard InChI is InChI=1S/C9H12ClN3O2S2/c1-13(2)12-17(14,15)8-5-6(9(11)16)3-4-7(8)10/h3-5,12H,1-2H3,(H2,11,16). The molecule has 0 aliphatic carbocycles. The molecule has 1 aromatic rings. The summed E-state index contributed by atoms with van der Waals surface area (Å²) < 4.78 is 23.8. The number of benzene rings is 1. The minimum Gasteiger partial charge on any atom is -0.389 e. The maximum atomic E-state index is 11.9. The molecule has 8 heteroatoms. The first-order chi connectivity index (χ1) is 7.74. The average molecular weight is 294 g/mol. The number of nitrogens with two attached hydrogens (primary N) is 1. The smallest absolute Gasteiger partial charge is 0.254 e. The number of thiocarbonyl (C=S) groups is 1. The molecule has 1 rings (SSSR count). The first-order valence-electron chi connectivity index (χ1n) is 4.53. The largest absolute Gasteiger partial charge is 0.389 e. The van der Waals surface area contributed by atoms with E-state index >= 15 is 0 Å². The third-order valence-corrected chi connectivity index (χ3v) is 4.01. The van der Waals surface area contributed by atoms with Crippen molar-refractivity contribution in [3.05, 3.63) is 28.8 Å². The van der Waals surface area contributed by atoms with E-state index in [4.69, 9.17) is 29.6 Å². The maximum Gasteiger partial charge on any atom is 0.254 e. The van der Waals surface area contributed by atoms with Gasteiger partial charge in [-0.05, 0) is 12.1 Å². The van der Waals surface area contributed by atoms with Gasteiger partial charge in [-0.3, -0.25) is 0 Å². The lowest BCUT2D eigenvalue weighted by Gasteiger charge is -2.14. The van der Waals surface area contributed by atoms with Crippen LogP contribution in [0.1, 0.15) is 5.56 Å². The highest BCUT2D eigenvalue weighted by Gasteiger charge is 2.19. The molecule has 0 saturated carbocycles. The van der Waals surface area contributed by atoms with Gasteiger partial charge < -0.3 is 5.73 Å². The Kier molecular flexibility index (Phi) is 4.45. The molecule has 94 valence electrons. The van der Waals surface area contributed by atoms with Crippen LogP contribution in [0.5, 0.6) is 0 Å². The summed E-state index contributed by atoms with van der Waals surface area (Å²) in [6, 6.07) is 4.36. The molecule has 1 aromatic carbocycles. The lowest BCUT2D eigenvalue weighted by Crippen LogP contribution is -2.36. The van der Waals surface area contributed by atoms with E-state index in [1.54, 1.807) is 20.2 Å². The monoisotopic (exact) mass is 293 g/mol. The van der Waals surface area contributed by atoms with Gasteiger partial charge in [0.1, 0.15) is 9.88 Å². The van der Waals surface area contributed by atoms with Crippen LogP contribution in [-0.4, -0.2) is 32.5 Å². The molecule has 0 spiro atoms. The summed E-state index contributed by atoms with van der Waals surface area (Å²) in [5.74, 6) is 0. The molecule has 5 nitrogen and oxygen atoms in total. The molecule has 0 bridgehead atoms. The van der Waals surface area contributed by atoms with E-state index in [0.717, 1.165) is 0 Å². The Labute approximate surface area is 111 Å². The highest BCUT2D eigenvalue weighted by atomic mass is 35.5. The fourth-order valence-electron chi connectivity index (χ4n) is 1.15. The zero-order valence-corrected chi connectivity index (χ0v) is 11.7. The Balaban J connectivity index is 3.30. The molecule has 0 fully saturated rings. The number of hydrogen-bond acceptors (Lipinski definition) is 4. The normalized spacial score (nSPS) is 11.8. The summed E-state index contributed by atoms with van der Waals surface area (Å²) in [6.07, 6.45) is 0. The van der Waals surface area contributed by atoms with Crippen molar-refractivity contribution in [2.45, 2.75) is 4.90 Å². The van der Waals surface area contributed by atoms with Crippen molar-refractivity contribution in [2.75, 3.05) is 14.1 Å². The lowest BCUT2D eigenvalue weighted by atomic mass is 10.2. The molecular formula is C9H12ClN3O2S2. The molecule has 0 heterocycles. The second-order valence-corrected chi connectivity index (χ2v) is 5.97. The highest BCUT2D eigenvalue weighted by molar-refractivity contribution is 7.89. The van der Waals surface area contributed by atoms with Crippen molar-refractivity contribution in [3.63, 3.8) is 0 Å². The lowest BCUT2D eigenvalue weighted by molar-refractivity contribution is 0.364. The Morgan fingerprint density at radius 1 is 1.47 bits per heavy atom. The summed E-state index contributed by atoms with van der Waals surface area (Å²) in [6.45, 7) is 0. The van der Waals surface area contributed by atoms with Crippen molar-refractivity contribution in [2.24, 2.45) is 5.73 Å². The van der Waals surface area contributed by atoms with Gasteiger partial charge in [-0.15, -0.1) is 4.83 Å². The van der Waals surface area contributed by atoms with Gasteiger partial charge in [-0.1, -0.05) is 29.9 Å². The molecular weight excluding hydrogens is 282 g/mol. The fourth-order valence-corrected chi connectivity index (χ4v) is 2.89. The third-order valence-electron chi connectivity index (χ3n) is 1.81. The quantitative estimate of drug-likeness (QED) is 0.632. The molecule has 3 N–H and O–H groups in total. The highest BCUT2D eigenvalue weighted by Crippen LogP contribution is 2.22. The molecule has 0 aliphatic rings. The summed E-state index contributed by atoms with van der Waals surface area (Å²) in [5.41, 5.74) is 5.89. The van der Waals surface area contributed by atoms with E-state index in [2.05, 4.69) is 4.83 Å². The Morgan fingerprint density at radius 3 is 2.53 bits per heavy atom. The first kappa shape index (κ1) is 14.3. The molecule has 0 unspecified atom stereocenters. The summed E-state index contributed by atoms with van der Waals surface area (Å²) in [4.78, 5) is 2.34. The number of sulfonamides is 1. The number of halogens is 1. The molecule has 0 saturated heterocycles. The van der Waals surface area contributed by atoms with Crippen molar-refractivity contribution >= 4 is 38.8 Å². The minimum atomic E-state index is -3.72. The van der Waals surface area contributed by atoms with Gasteiger partial charge in [0.25, 0.3) is 10.0 Å². The van der Waals surface area contributed by atoms with Crippen LogP contribution >= 0.6 is 23.8 Å². The predicted molar refractivity (Wildman–Crippen MR) is 71.3 cm³/mol. The Morgan fingerprint density at radius 2 is 2.06 bits per heavy atom. The molecule has 0 amide bonds. The van der Waals surface area contributed by atoms with Crippen LogP contribution in [0.4, 0.5) is 0 Å². The van der Waals surface area contributed by atoms with Crippen molar-refractivity contribution < 1.29 is 8.42 Å². The first-order valence-corrected chi connectivity index (χ1v) is 6.80. The van der Waals surface area contributed by atoms with Gasteiger partial charge in [-0.2, -0.15) is 0 Å². The van der Waals surface area contributed by atoms with Gasteiger partial charge in [-0.25, -0.2) is 13.4 Å². The van der Waals surface area contributed by atoms with E-state index in [1.807, 2.05) is 0 Å². The van der Waals surface area contributed by atoms with Gasteiger partial charge >= 0.3 is 0 Å². The SMILES string of the molecule is CN(C)NS(=O)(=O)c1cc(C(N)=S)ccc1Cl. The second-order valence-electron chi connectivity index (χ2n) is 3.50. The fraction of sp³-hybridized carbons (Fsp3) is 0.222. The number of hydrogen-bond donors (Lipinski definition) is 2. The van der Waals surface area contributed by atoms with Crippen molar-refractivity contribution in [3.8, 4) is 0 Å². The molecule has 0 radical (unpaired) electrons. The average Bonchev–Trinajstić information content (AvgIpc) is 2.15. The van der Waals surface area contributed by atoms with Crippen LogP contribution in [-0.2, 0) is 10.0 Å². The summed E-state index contributed by atoms with van der Waals surface area (Å²) >= 11 is 10.6. The van der Waals surface area contributed by atoms with E-state index in [9.17, 15) is 8.42 Å². The van der Waals surface area contributed by atoms with Crippen molar-refractivity contribution in [1.29, 1.82) is 0 Å². The molecule has 0 atom stereocenters. The topological polar surface area (TPSA) is 75.4 Å². The van der Waals surface area contributed by atoms with E-state index in [0.29, 0.717) is 5.56 Å². The number of hydrazine groups is 1. The third kappa shape index (κ3) is 3.62. The zero-order chi connectivity index (χ0) is 13.2. The number of nitrogens with zero attached hydrogens (tertiary/aromatic N) is 1. The van der Waals surface area contributed by atoms with Crippen LogP contribution in [0.3, 0.4) is 0 Å². The second kappa shape index (κ2) is 5.28. The van der Waals surface area contributed by atoms with Gasteiger partial charge in [0.05, 0.1) is 5.02 Å². The number of rotatable bonds is 4. The molecule has 0 aromatic heterocycles. The van der Waals surface area contributed by atoms with Crippen LogP contribution in [0.25, 0.3) is 0 Å². The molecule has 0 aliphatic heterocycles. The Hall–Kier alpha value is -0.730. The summed E-state index contributed by atoms with van der Waals surface area (Å²) in [5, 5.41) is 1.42. The molecule has 17 heavy (non-hydrogen) atoms. The van der Waals surface area contributed by atoms with E-state index < -0.39 is 10.0 Å². The van der Waals surface area contributed by atoms with E-state index in [1.165, 1.54) is 17.1 Å². The van der Waals surface area contributed by atoms with Crippen molar-refractivity contribution in [1.82, 2.24) is 9.84 Å².